The Morgan fingerprint density at radius 3 is 1.54 bits per heavy atom. The molecule has 0 aliphatic heterocycles. The SMILES string of the molecule is c1ccc(-c2cccc(N(c3cccc(-c4ccccc4)c3)c3ccc4c(ccc5ccc6nc(-c7ccccc7)oc6c54)c3)c2)cc1. The molecule has 1 aromatic heterocycles. The largest absolute Gasteiger partial charge is 0.435 e. The number of fused-ring (bicyclic) bond motifs is 5. The summed E-state index contributed by atoms with van der Waals surface area (Å²) in [7, 11) is 0. The van der Waals surface area contributed by atoms with Crippen molar-refractivity contribution < 1.29 is 4.42 Å². The zero-order valence-corrected chi connectivity index (χ0v) is 26.1. The molecule has 48 heavy (non-hydrogen) atoms. The van der Waals surface area contributed by atoms with Gasteiger partial charge in [0.1, 0.15) is 5.52 Å². The third kappa shape index (κ3) is 4.99. The number of hydrogen-bond donors (Lipinski definition) is 0. The second kappa shape index (κ2) is 11.7. The van der Waals surface area contributed by atoms with Crippen LogP contribution in [0.4, 0.5) is 17.1 Å². The van der Waals surface area contributed by atoms with Crippen molar-refractivity contribution in [2.45, 2.75) is 0 Å². The van der Waals surface area contributed by atoms with E-state index in [-0.39, 0.29) is 0 Å². The van der Waals surface area contributed by atoms with Gasteiger partial charge in [-0.1, -0.05) is 127 Å². The maximum atomic E-state index is 6.48. The second-order valence-corrected chi connectivity index (χ2v) is 12.0. The van der Waals surface area contributed by atoms with Crippen LogP contribution < -0.4 is 4.90 Å². The fourth-order valence-corrected chi connectivity index (χ4v) is 6.72. The van der Waals surface area contributed by atoms with Crippen molar-refractivity contribution in [3.05, 3.63) is 182 Å². The average Bonchev–Trinajstić information content (AvgIpc) is 3.61. The molecule has 9 aromatic rings. The summed E-state index contributed by atoms with van der Waals surface area (Å²) in [5.41, 5.74) is 10.6. The fourth-order valence-electron chi connectivity index (χ4n) is 6.72. The first-order chi connectivity index (χ1) is 23.8. The first kappa shape index (κ1) is 27.8. The van der Waals surface area contributed by atoms with Crippen molar-refractivity contribution in [2.24, 2.45) is 0 Å². The molecule has 0 radical (unpaired) electrons. The zero-order valence-electron chi connectivity index (χ0n) is 26.1. The number of anilines is 3. The van der Waals surface area contributed by atoms with Crippen LogP contribution in [0.15, 0.2) is 186 Å². The van der Waals surface area contributed by atoms with Crippen LogP contribution in [0, 0.1) is 0 Å². The molecule has 3 nitrogen and oxygen atoms in total. The van der Waals surface area contributed by atoms with Gasteiger partial charge < -0.3 is 9.32 Å². The molecular formula is C45H30N2O. The lowest BCUT2D eigenvalue weighted by Crippen LogP contribution is -2.10. The van der Waals surface area contributed by atoms with Gasteiger partial charge in [0, 0.05) is 28.0 Å². The van der Waals surface area contributed by atoms with E-state index in [1.165, 1.54) is 22.3 Å². The molecule has 0 saturated heterocycles. The standard InChI is InChI=1S/C45H30N2O/c1-4-12-31(13-5-1)35-18-10-20-38(28-35)47(39-21-11-19-36(29-39)32-14-6-2-7-15-32)40-25-26-41-37(30-40)23-22-33-24-27-42-44(43(33)41)48-45(46-42)34-16-8-3-9-17-34/h1-30H. The Bertz CT molecular complexity index is 2470. The number of oxazole rings is 1. The van der Waals surface area contributed by atoms with Crippen LogP contribution >= 0.6 is 0 Å². The highest BCUT2D eigenvalue weighted by atomic mass is 16.3. The maximum Gasteiger partial charge on any atom is 0.227 e. The highest BCUT2D eigenvalue weighted by molar-refractivity contribution is 6.18. The van der Waals surface area contributed by atoms with Crippen molar-refractivity contribution in [3.63, 3.8) is 0 Å². The Balaban J connectivity index is 1.22. The topological polar surface area (TPSA) is 29.3 Å². The minimum Gasteiger partial charge on any atom is -0.435 e. The van der Waals surface area contributed by atoms with Crippen LogP contribution in [0.5, 0.6) is 0 Å². The van der Waals surface area contributed by atoms with Gasteiger partial charge in [-0.3, -0.25) is 0 Å². The number of rotatable bonds is 6. The molecule has 1 heterocycles. The summed E-state index contributed by atoms with van der Waals surface area (Å²) >= 11 is 0. The van der Waals surface area contributed by atoms with Crippen molar-refractivity contribution in [1.82, 2.24) is 4.98 Å². The van der Waals surface area contributed by atoms with Gasteiger partial charge in [-0.25, -0.2) is 4.98 Å². The molecule has 9 rings (SSSR count). The lowest BCUT2D eigenvalue weighted by atomic mass is 9.99. The van der Waals surface area contributed by atoms with E-state index in [9.17, 15) is 0 Å². The van der Waals surface area contributed by atoms with E-state index in [4.69, 9.17) is 9.40 Å². The fraction of sp³-hybridized carbons (Fsp3) is 0. The van der Waals surface area contributed by atoms with Crippen LogP contribution in [0.3, 0.4) is 0 Å². The molecule has 0 spiro atoms. The molecule has 0 aliphatic rings. The molecule has 0 aliphatic carbocycles. The van der Waals surface area contributed by atoms with Gasteiger partial charge in [0.05, 0.1) is 0 Å². The summed E-state index contributed by atoms with van der Waals surface area (Å²) in [5.74, 6) is 0.634. The number of nitrogens with zero attached hydrogens (tertiary/aromatic N) is 2. The summed E-state index contributed by atoms with van der Waals surface area (Å²) < 4.78 is 6.48. The van der Waals surface area contributed by atoms with Gasteiger partial charge in [-0.2, -0.15) is 0 Å². The summed E-state index contributed by atoms with van der Waals surface area (Å²) in [5, 5.41) is 4.47. The minimum absolute atomic E-state index is 0.634. The van der Waals surface area contributed by atoms with Crippen molar-refractivity contribution in [2.75, 3.05) is 4.90 Å². The van der Waals surface area contributed by atoms with E-state index in [0.717, 1.165) is 55.3 Å². The Morgan fingerprint density at radius 2 is 0.917 bits per heavy atom. The van der Waals surface area contributed by atoms with Crippen LogP contribution in [0.25, 0.3) is 66.4 Å². The van der Waals surface area contributed by atoms with Gasteiger partial charge in [0.2, 0.25) is 5.89 Å². The third-order valence-corrected chi connectivity index (χ3v) is 9.04. The predicted octanol–water partition coefficient (Wildman–Crippen LogP) is 12.6. The van der Waals surface area contributed by atoms with Gasteiger partial charge >= 0.3 is 0 Å². The van der Waals surface area contributed by atoms with Gasteiger partial charge in [-0.05, 0) is 93.0 Å². The zero-order chi connectivity index (χ0) is 31.9. The number of hydrogen-bond acceptors (Lipinski definition) is 3. The highest BCUT2D eigenvalue weighted by Gasteiger charge is 2.18. The molecular weight excluding hydrogens is 585 g/mol. The lowest BCUT2D eigenvalue weighted by molar-refractivity contribution is 0.623. The van der Waals surface area contributed by atoms with Crippen LogP contribution in [-0.4, -0.2) is 4.98 Å². The lowest BCUT2D eigenvalue weighted by Gasteiger charge is -2.27. The van der Waals surface area contributed by atoms with E-state index >= 15 is 0 Å². The highest BCUT2D eigenvalue weighted by Crippen LogP contribution is 2.41. The smallest absolute Gasteiger partial charge is 0.227 e. The third-order valence-electron chi connectivity index (χ3n) is 9.04. The summed E-state index contributed by atoms with van der Waals surface area (Å²) in [6.07, 6.45) is 0. The van der Waals surface area contributed by atoms with E-state index in [1.54, 1.807) is 0 Å². The molecule has 8 aromatic carbocycles. The van der Waals surface area contributed by atoms with Crippen LogP contribution in [0.1, 0.15) is 0 Å². The molecule has 0 saturated carbocycles. The van der Waals surface area contributed by atoms with E-state index in [2.05, 4.69) is 157 Å². The quantitative estimate of drug-likeness (QED) is 0.175. The molecule has 3 heteroatoms. The number of aromatic nitrogens is 1. The molecule has 0 bridgehead atoms. The molecule has 0 amide bonds. The Kier molecular flexibility index (Phi) is 6.80. The van der Waals surface area contributed by atoms with Crippen LogP contribution in [0.2, 0.25) is 0 Å². The van der Waals surface area contributed by atoms with Crippen molar-refractivity contribution in [3.8, 4) is 33.7 Å². The molecule has 0 atom stereocenters. The monoisotopic (exact) mass is 614 g/mol. The predicted molar refractivity (Wildman–Crippen MR) is 200 cm³/mol. The average molecular weight is 615 g/mol. The minimum atomic E-state index is 0.634. The summed E-state index contributed by atoms with van der Waals surface area (Å²) in [6.45, 7) is 0. The van der Waals surface area contributed by atoms with E-state index in [1.807, 2.05) is 30.3 Å². The van der Waals surface area contributed by atoms with Gasteiger partial charge in [-0.15, -0.1) is 0 Å². The van der Waals surface area contributed by atoms with Gasteiger partial charge in [0.15, 0.2) is 5.58 Å². The molecule has 0 fully saturated rings. The van der Waals surface area contributed by atoms with Crippen molar-refractivity contribution in [1.29, 1.82) is 0 Å². The summed E-state index contributed by atoms with van der Waals surface area (Å²) in [4.78, 5) is 7.21. The van der Waals surface area contributed by atoms with Gasteiger partial charge in [0.25, 0.3) is 0 Å². The Labute approximate surface area is 279 Å². The van der Waals surface area contributed by atoms with Crippen molar-refractivity contribution >= 4 is 49.7 Å². The number of benzene rings is 8. The normalized spacial score (nSPS) is 11.3. The molecule has 0 N–H and O–H groups in total. The second-order valence-electron chi connectivity index (χ2n) is 12.0. The van der Waals surface area contributed by atoms with E-state index in [0.29, 0.717) is 5.89 Å². The maximum absolute atomic E-state index is 6.48. The van der Waals surface area contributed by atoms with Crippen LogP contribution in [-0.2, 0) is 0 Å². The Hall–Kier alpha value is -6.45. The molecule has 226 valence electrons. The van der Waals surface area contributed by atoms with E-state index < -0.39 is 0 Å². The first-order valence-corrected chi connectivity index (χ1v) is 16.2. The first-order valence-electron chi connectivity index (χ1n) is 16.2. The Morgan fingerprint density at radius 1 is 0.396 bits per heavy atom. The molecule has 0 unspecified atom stereocenters. The summed E-state index contributed by atoms with van der Waals surface area (Å²) in [6, 6.07) is 64.1.